The summed E-state index contributed by atoms with van der Waals surface area (Å²) in [6.45, 7) is 0. The van der Waals surface area contributed by atoms with E-state index in [1.807, 2.05) is 24.3 Å². The molecule has 1 aliphatic rings. The first kappa shape index (κ1) is 9.55. The molecule has 2 nitrogen and oxygen atoms in total. The molecule has 72 valence electrons. The van der Waals surface area contributed by atoms with E-state index in [1.165, 1.54) is 11.8 Å². The van der Waals surface area contributed by atoms with Gasteiger partial charge in [0.25, 0.3) is 0 Å². The van der Waals surface area contributed by atoms with E-state index in [2.05, 4.69) is 0 Å². The average Bonchev–Trinajstić information content (AvgIpc) is 2.76. The molecule has 4 heteroatoms. The number of thioether (sulfide) groups is 1. The summed E-state index contributed by atoms with van der Waals surface area (Å²) in [7, 11) is 1.65. The third kappa shape index (κ3) is 2.08. The standard InChI is InChI=1S/C10H8O2S2/c1-12-10-5-3-8(14-10)6-7-2-4-9(11)13-7/h2-6H,1H3/b7-6+. The molecule has 0 aromatic carbocycles. The second kappa shape index (κ2) is 4.02. The second-order valence-corrected chi connectivity index (χ2v) is 4.82. The summed E-state index contributed by atoms with van der Waals surface area (Å²) in [6, 6.07) is 3.90. The van der Waals surface area contributed by atoms with Crippen molar-refractivity contribution in [3.05, 3.63) is 34.1 Å². The van der Waals surface area contributed by atoms with Gasteiger partial charge in [0.1, 0.15) is 0 Å². The fourth-order valence-corrected chi connectivity index (χ4v) is 2.61. The molecular formula is C10H8O2S2. The van der Waals surface area contributed by atoms with Gasteiger partial charge in [-0.15, -0.1) is 0 Å². The van der Waals surface area contributed by atoms with Crippen LogP contribution in [-0.4, -0.2) is 12.2 Å². The van der Waals surface area contributed by atoms with Crippen molar-refractivity contribution in [2.45, 2.75) is 0 Å². The normalized spacial score (nSPS) is 18.1. The topological polar surface area (TPSA) is 26.3 Å². The van der Waals surface area contributed by atoms with Crippen LogP contribution in [0, 0.1) is 0 Å². The first-order valence-electron chi connectivity index (χ1n) is 4.03. The molecule has 0 unspecified atom stereocenters. The van der Waals surface area contributed by atoms with Gasteiger partial charge in [-0.05, 0) is 42.1 Å². The summed E-state index contributed by atoms with van der Waals surface area (Å²) in [5, 5.41) is 0.981. The van der Waals surface area contributed by atoms with Crippen LogP contribution in [0.4, 0.5) is 0 Å². The highest BCUT2D eigenvalue weighted by Gasteiger charge is 2.09. The van der Waals surface area contributed by atoms with Crippen molar-refractivity contribution < 1.29 is 9.53 Å². The minimum absolute atomic E-state index is 0.0970. The first-order valence-corrected chi connectivity index (χ1v) is 5.66. The lowest BCUT2D eigenvalue weighted by Gasteiger charge is -1.90. The number of carbonyl (C=O) groups excluding carboxylic acids is 1. The lowest BCUT2D eigenvalue weighted by atomic mass is 10.4. The molecule has 2 heterocycles. The summed E-state index contributed by atoms with van der Waals surface area (Å²) < 4.78 is 5.08. The Balaban J connectivity index is 2.17. The van der Waals surface area contributed by atoms with E-state index in [0.29, 0.717) is 0 Å². The second-order valence-electron chi connectivity index (χ2n) is 2.66. The van der Waals surface area contributed by atoms with E-state index in [9.17, 15) is 4.79 Å². The summed E-state index contributed by atoms with van der Waals surface area (Å²) in [5.74, 6) is 0. The number of rotatable bonds is 2. The third-order valence-corrected chi connectivity index (χ3v) is 3.51. The largest absolute Gasteiger partial charge is 0.487 e. The summed E-state index contributed by atoms with van der Waals surface area (Å²) >= 11 is 2.82. The van der Waals surface area contributed by atoms with Crippen molar-refractivity contribution in [2.75, 3.05) is 7.11 Å². The van der Waals surface area contributed by atoms with Gasteiger partial charge in [-0.3, -0.25) is 4.79 Å². The molecule has 14 heavy (non-hydrogen) atoms. The monoisotopic (exact) mass is 224 g/mol. The fourth-order valence-electron chi connectivity index (χ4n) is 1.07. The van der Waals surface area contributed by atoms with E-state index in [1.54, 1.807) is 24.5 Å². The predicted octanol–water partition coefficient (Wildman–Crippen LogP) is 2.93. The van der Waals surface area contributed by atoms with E-state index < -0.39 is 0 Å². The van der Waals surface area contributed by atoms with Crippen molar-refractivity contribution in [3.8, 4) is 5.06 Å². The predicted molar refractivity (Wildman–Crippen MR) is 60.6 cm³/mol. The van der Waals surface area contributed by atoms with E-state index in [0.717, 1.165) is 14.8 Å². The highest BCUT2D eigenvalue weighted by Crippen LogP contribution is 2.31. The molecule has 0 amide bonds. The maximum absolute atomic E-state index is 10.9. The number of carbonyl (C=O) groups is 1. The maximum atomic E-state index is 10.9. The van der Waals surface area contributed by atoms with Crippen molar-refractivity contribution in [1.82, 2.24) is 0 Å². The van der Waals surface area contributed by atoms with Gasteiger partial charge in [-0.25, -0.2) is 0 Å². The van der Waals surface area contributed by atoms with Gasteiger partial charge in [-0.2, -0.15) is 0 Å². The zero-order valence-corrected chi connectivity index (χ0v) is 9.15. The van der Waals surface area contributed by atoms with Crippen molar-refractivity contribution in [3.63, 3.8) is 0 Å². The number of hydrogen-bond acceptors (Lipinski definition) is 4. The SMILES string of the molecule is COc1ccc(/C=C2\C=CC(=O)S2)s1. The van der Waals surface area contributed by atoms with Gasteiger partial charge in [0, 0.05) is 9.78 Å². The minimum atomic E-state index is 0.0970. The van der Waals surface area contributed by atoms with Gasteiger partial charge in [0.15, 0.2) is 5.06 Å². The van der Waals surface area contributed by atoms with Crippen LogP contribution in [0.2, 0.25) is 0 Å². The highest BCUT2D eigenvalue weighted by atomic mass is 32.2. The molecule has 2 rings (SSSR count). The molecule has 0 atom stereocenters. The van der Waals surface area contributed by atoms with Crippen LogP contribution >= 0.6 is 23.1 Å². The Bertz CT molecular complexity index is 416. The van der Waals surface area contributed by atoms with Crippen LogP contribution in [0.3, 0.4) is 0 Å². The fraction of sp³-hybridized carbons (Fsp3) is 0.100. The number of methoxy groups -OCH3 is 1. The Morgan fingerprint density at radius 2 is 2.21 bits per heavy atom. The molecule has 0 saturated carbocycles. The number of ether oxygens (including phenoxy) is 1. The van der Waals surface area contributed by atoms with Crippen LogP contribution < -0.4 is 4.74 Å². The number of allylic oxidation sites excluding steroid dienone is 1. The molecule has 0 bridgehead atoms. The van der Waals surface area contributed by atoms with E-state index in [4.69, 9.17) is 4.74 Å². The van der Waals surface area contributed by atoms with Gasteiger partial charge < -0.3 is 4.74 Å². The molecule has 1 aromatic heterocycles. The molecule has 0 aliphatic carbocycles. The summed E-state index contributed by atoms with van der Waals surface area (Å²) in [6.07, 6.45) is 5.40. The zero-order valence-electron chi connectivity index (χ0n) is 7.52. The van der Waals surface area contributed by atoms with Crippen LogP contribution in [0.5, 0.6) is 5.06 Å². The van der Waals surface area contributed by atoms with Gasteiger partial charge >= 0.3 is 0 Å². The van der Waals surface area contributed by atoms with Crippen molar-refractivity contribution in [1.29, 1.82) is 0 Å². The Morgan fingerprint density at radius 1 is 1.36 bits per heavy atom. The number of hydrogen-bond donors (Lipinski definition) is 0. The Morgan fingerprint density at radius 3 is 2.79 bits per heavy atom. The van der Waals surface area contributed by atoms with Gasteiger partial charge in [0.2, 0.25) is 5.12 Å². The molecule has 0 fully saturated rings. The van der Waals surface area contributed by atoms with E-state index in [-0.39, 0.29) is 5.12 Å². The highest BCUT2D eigenvalue weighted by molar-refractivity contribution is 8.18. The van der Waals surface area contributed by atoms with Crippen LogP contribution in [0.15, 0.2) is 29.2 Å². The van der Waals surface area contributed by atoms with Gasteiger partial charge in [-0.1, -0.05) is 11.3 Å². The molecule has 0 radical (unpaired) electrons. The van der Waals surface area contributed by atoms with Crippen LogP contribution in [-0.2, 0) is 4.79 Å². The van der Waals surface area contributed by atoms with Crippen molar-refractivity contribution >= 4 is 34.3 Å². The Hall–Kier alpha value is -1.00. The van der Waals surface area contributed by atoms with Crippen molar-refractivity contribution in [2.24, 2.45) is 0 Å². The molecule has 0 N–H and O–H groups in total. The van der Waals surface area contributed by atoms with Crippen LogP contribution in [0.1, 0.15) is 4.88 Å². The molecule has 0 spiro atoms. The lowest BCUT2D eigenvalue weighted by molar-refractivity contribution is -0.106. The van der Waals surface area contributed by atoms with E-state index >= 15 is 0 Å². The first-order chi connectivity index (χ1) is 6.78. The summed E-state index contributed by atoms with van der Waals surface area (Å²) in [5.41, 5.74) is 0. The lowest BCUT2D eigenvalue weighted by Crippen LogP contribution is -1.73. The maximum Gasteiger partial charge on any atom is 0.216 e. The average molecular weight is 224 g/mol. The third-order valence-electron chi connectivity index (χ3n) is 1.69. The Kier molecular flexibility index (Phi) is 2.74. The summed E-state index contributed by atoms with van der Waals surface area (Å²) in [4.78, 5) is 13.0. The Labute approximate surface area is 90.3 Å². The minimum Gasteiger partial charge on any atom is -0.487 e. The van der Waals surface area contributed by atoms with Crippen LogP contribution in [0.25, 0.3) is 6.08 Å². The zero-order chi connectivity index (χ0) is 9.97. The quantitative estimate of drug-likeness (QED) is 0.772. The molecular weight excluding hydrogens is 216 g/mol. The number of thiophene rings is 1. The molecule has 1 aliphatic heterocycles. The van der Waals surface area contributed by atoms with Gasteiger partial charge in [0.05, 0.1) is 7.11 Å². The molecule has 1 aromatic rings. The molecule has 0 saturated heterocycles. The smallest absolute Gasteiger partial charge is 0.216 e.